The average molecular weight is 521 g/mol. The number of aryl methyl sites for hydroxylation is 1. The minimum Gasteiger partial charge on any atom is -0.447 e. The molecule has 0 spiro atoms. The molecule has 0 aliphatic rings. The Morgan fingerprint density at radius 3 is 2.75 bits per heavy atom. The molecule has 0 aliphatic heterocycles. The lowest BCUT2D eigenvalue weighted by molar-refractivity contribution is -0.133. The molecule has 0 saturated heterocycles. The second-order valence-electron chi connectivity index (χ2n) is 8.28. The van der Waals surface area contributed by atoms with Crippen molar-refractivity contribution in [3.05, 3.63) is 70.9 Å². The van der Waals surface area contributed by atoms with E-state index >= 15 is 0 Å². The summed E-state index contributed by atoms with van der Waals surface area (Å²) in [6.45, 7) is -0.269. The fourth-order valence-electron chi connectivity index (χ4n) is 3.60. The van der Waals surface area contributed by atoms with E-state index in [2.05, 4.69) is 10.3 Å². The molecule has 1 aromatic heterocycles. The molecule has 36 heavy (non-hydrogen) atoms. The van der Waals surface area contributed by atoms with Gasteiger partial charge in [0.2, 0.25) is 5.91 Å². The third-order valence-corrected chi connectivity index (χ3v) is 6.14. The molecule has 0 saturated carbocycles. The van der Waals surface area contributed by atoms with E-state index in [4.69, 9.17) is 22.1 Å². The highest BCUT2D eigenvalue weighted by Gasteiger charge is 2.24. The van der Waals surface area contributed by atoms with Gasteiger partial charge in [0.15, 0.2) is 0 Å². The minimum absolute atomic E-state index is 0.0264. The average Bonchev–Trinajstić information content (AvgIpc) is 2.86. The fraction of sp³-hybridized carbons (Fsp3) is 0.320. The van der Waals surface area contributed by atoms with Crippen molar-refractivity contribution in [2.45, 2.75) is 31.4 Å². The summed E-state index contributed by atoms with van der Waals surface area (Å²) in [7, 11) is 1.52. The van der Waals surface area contributed by atoms with Crippen LogP contribution in [0.2, 0.25) is 5.02 Å². The summed E-state index contributed by atoms with van der Waals surface area (Å²) in [6, 6.07) is 9.41. The number of fused-ring (bicyclic) bond motifs is 1. The van der Waals surface area contributed by atoms with Crippen molar-refractivity contribution in [3.8, 4) is 0 Å². The van der Waals surface area contributed by atoms with Gasteiger partial charge in [-0.3, -0.25) is 10.1 Å². The number of ether oxygens (including phenoxy) is 1. The van der Waals surface area contributed by atoms with Crippen molar-refractivity contribution in [1.82, 2.24) is 9.88 Å². The van der Waals surface area contributed by atoms with Crippen LogP contribution in [-0.2, 0) is 16.0 Å². The van der Waals surface area contributed by atoms with Gasteiger partial charge in [0.25, 0.3) is 0 Å². The molecule has 4 N–H and O–H groups in total. The zero-order valence-corrected chi connectivity index (χ0v) is 20.3. The van der Waals surface area contributed by atoms with E-state index in [1.54, 1.807) is 12.1 Å². The van der Waals surface area contributed by atoms with Gasteiger partial charge in [-0.2, -0.15) is 0 Å². The maximum absolute atomic E-state index is 13.7. The Balaban J connectivity index is 1.60. The van der Waals surface area contributed by atoms with E-state index in [9.17, 15) is 23.5 Å². The number of aromatic nitrogens is 1. The standard InChI is InChI=1S/C25H27ClF2N4O4/c1-32(23(34)8-6-15-3-2-4-21(28)24(15)26)19(11-20(33)12-29)14-36-25(35)31-22-10-17-9-18(27)7-5-16(17)13-30-22/h2-5,7,9-10,13,19-20,33H,6,8,11-12,14,29H2,1H3,(H,30,31,35)/t19-,20-/m0/s1. The number of rotatable bonds is 10. The Morgan fingerprint density at radius 2 is 2.00 bits per heavy atom. The number of nitrogens with zero attached hydrogens (tertiary/aromatic N) is 2. The van der Waals surface area contributed by atoms with Gasteiger partial charge in [0.05, 0.1) is 17.2 Å². The van der Waals surface area contributed by atoms with Crippen LogP contribution in [0.3, 0.4) is 0 Å². The number of nitrogens with two attached hydrogens (primary N) is 1. The first-order chi connectivity index (χ1) is 17.2. The third-order valence-electron chi connectivity index (χ3n) is 5.72. The van der Waals surface area contributed by atoms with Crippen molar-refractivity contribution in [2.24, 2.45) is 5.73 Å². The molecular weight excluding hydrogens is 494 g/mol. The Kier molecular flexibility index (Phi) is 9.51. The van der Waals surface area contributed by atoms with Gasteiger partial charge in [0, 0.05) is 31.6 Å². The number of nitrogens with one attached hydrogen (secondary N) is 1. The second-order valence-corrected chi connectivity index (χ2v) is 8.66. The smallest absolute Gasteiger partial charge is 0.412 e. The zero-order chi connectivity index (χ0) is 26.2. The van der Waals surface area contributed by atoms with E-state index in [1.165, 1.54) is 48.5 Å². The van der Waals surface area contributed by atoms with Crippen molar-refractivity contribution >= 4 is 40.2 Å². The highest BCUT2D eigenvalue weighted by atomic mass is 35.5. The van der Waals surface area contributed by atoms with Crippen molar-refractivity contribution in [1.29, 1.82) is 0 Å². The van der Waals surface area contributed by atoms with Crippen LogP contribution in [-0.4, -0.2) is 59.3 Å². The number of anilines is 1. The van der Waals surface area contributed by atoms with Crippen molar-refractivity contribution in [3.63, 3.8) is 0 Å². The lowest BCUT2D eigenvalue weighted by Gasteiger charge is -2.29. The summed E-state index contributed by atoms with van der Waals surface area (Å²) in [5.41, 5.74) is 6.01. The number of aliphatic hydroxyl groups excluding tert-OH is 1. The Bertz CT molecular complexity index is 1230. The van der Waals surface area contributed by atoms with Gasteiger partial charge in [-0.25, -0.2) is 18.6 Å². The molecule has 2 atom stereocenters. The van der Waals surface area contributed by atoms with E-state index in [0.717, 1.165) is 0 Å². The van der Waals surface area contributed by atoms with Crippen LogP contribution in [0.25, 0.3) is 10.8 Å². The first-order valence-corrected chi connectivity index (χ1v) is 11.6. The Labute approximate surface area is 212 Å². The molecule has 11 heteroatoms. The molecule has 0 radical (unpaired) electrons. The monoisotopic (exact) mass is 520 g/mol. The van der Waals surface area contributed by atoms with Crippen molar-refractivity contribution < 1.29 is 28.2 Å². The first kappa shape index (κ1) is 27.3. The second kappa shape index (κ2) is 12.6. The number of halogens is 3. The predicted molar refractivity (Wildman–Crippen MR) is 133 cm³/mol. The summed E-state index contributed by atoms with van der Waals surface area (Å²) in [5, 5.41) is 13.7. The molecule has 0 fully saturated rings. The van der Waals surface area contributed by atoms with Crippen LogP contribution in [0.1, 0.15) is 18.4 Å². The minimum atomic E-state index is -0.924. The molecule has 0 aliphatic carbocycles. The lowest BCUT2D eigenvalue weighted by Crippen LogP contribution is -2.44. The van der Waals surface area contributed by atoms with Crippen LogP contribution >= 0.6 is 11.6 Å². The normalized spacial score (nSPS) is 12.7. The molecule has 3 aromatic rings. The van der Waals surface area contributed by atoms with Gasteiger partial charge in [-0.1, -0.05) is 23.7 Å². The van der Waals surface area contributed by atoms with E-state index in [0.29, 0.717) is 16.3 Å². The molecular formula is C25H27ClF2N4O4. The number of amides is 2. The number of carbonyl (C=O) groups is 2. The topological polar surface area (TPSA) is 118 Å². The molecule has 1 heterocycles. The van der Waals surface area contributed by atoms with Gasteiger partial charge < -0.3 is 20.5 Å². The number of likely N-dealkylation sites (N-methyl/N-ethyl adjacent to an activating group) is 1. The van der Waals surface area contributed by atoms with Gasteiger partial charge >= 0.3 is 6.09 Å². The number of aliphatic hydroxyl groups is 1. The predicted octanol–water partition coefficient (Wildman–Crippen LogP) is 3.88. The molecule has 192 valence electrons. The number of hydrogen-bond donors (Lipinski definition) is 3. The molecule has 8 nitrogen and oxygen atoms in total. The molecule has 0 unspecified atom stereocenters. The first-order valence-electron chi connectivity index (χ1n) is 11.2. The number of benzene rings is 2. The quantitative estimate of drug-likeness (QED) is 0.373. The summed E-state index contributed by atoms with van der Waals surface area (Å²) in [4.78, 5) is 30.6. The van der Waals surface area contributed by atoms with E-state index in [1.807, 2.05) is 0 Å². The number of pyridine rings is 1. The summed E-state index contributed by atoms with van der Waals surface area (Å²) < 4.78 is 32.4. The van der Waals surface area contributed by atoms with E-state index < -0.39 is 29.9 Å². The van der Waals surface area contributed by atoms with Crippen LogP contribution in [0, 0.1) is 11.6 Å². The summed E-state index contributed by atoms with van der Waals surface area (Å²) in [5.74, 6) is -1.14. The highest BCUT2D eigenvalue weighted by Crippen LogP contribution is 2.22. The lowest BCUT2D eigenvalue weighted by atomic mass is 10.1. The van der Waals surface area contributed by atoms with Crippen molar-refractivity contribution in [2.75, 3.05) is 25.5 Å². The zero-order valence-electron chi connectivity index (χ0n) is 19.6. The van der Waals surface area contributed by atoms with Crippen LogP contribution in [0.4, 0.5) is 19.4 Å². The van der Waals surface area contributed by atoms with E-state index in [-0.39, 0.29) is 49.2 Å². The Morgan fingerprint density at radius 1 is 1.22 bits per heavy atom. The number of hydrogen-bond acceptors (Lipinski definition) is 6. The molecule has 0 bridgehead atoms. The molecule has 2 aromatic carbocycles. The highest BCUT2D eigenvalue weighted by molar-refractivity contribution is 6.31. The summed E-state index contributed by atoms with van der Waals surface area (Å²) >= 11 is 5.96. The van der Waals surface area contributed by atoms with Crippen LogP contribution in [0.15, 0.2) is 48.7 Å². The maximum Gasteiger partial charge on any atom is 0.412 e. The number of carbonyl (C=O) groups excluding carboxylic acids is 2. The SMILES string of the molecule is CN(C(=O)CCc1cccc(F)c1Cl)[C@H](COC(=O)Nc1cc2cc(F)ccc2cn1)C[C@H](O)CN. The molecule has 2 amide bonds. The summed E-state index contributed by atoms with van der Waals surface area (Å²) in [6.07, 6.45) is 0.0344. The van der Waals surface area contributed by atoms with Gasteiger partial charge in [-0.15, -0.1) is 0 Å². The van der Waals surface area contributed by atoms with Crippen LogP contribution < -0.4 is 11.1 Å². The maximum atomic E-state index is 13.7. The van der Waals surface area contributed by atoms with Gasteiger partial charge in [0.1, 0.15) is 24.1 Å². The largest absolute Gasteiger partial charge is 0.447 e. The fourth-order valence-corrected chi connectivity index (χ4v) is 3.82. The molecule has 3 rings (SSSR count). The Hall–Kier alpha value is -3.34. The van der Waals surface area contributed by atoms with Crippen LogP contribution in [0.5, 0.6) is 0 Å². The van der Waals surface area contributed by atoms with Gasteiger partial charge in [-0.05, 0) is 54.1 Å². The third kappa shape index (κ3) is 7.33.